The molecule has 1 aromatic heterocycles. The van der Waals surface area contributed by atoms with Crippen LogP contribution in [0, 0.1) is 23.2 Å². The normalized spacial score (nSPS) is 13.1. The summed E-state index contributed by atoms with van der Waals surface area (Å²) in [4.78, 5) is 11.6. The van der Waals surface area contributed by atoms with Crippen LogP contribution in [-0.2, 0) is 0 Å². The summed E-state index contributed by atoms with van der Waals surface area (Å²) < 4.78 is 11.1. The number of hydrogen-bond acceptors (Lipinski definition) is 3. The fourth-order valence-corrected chi connectivity index (χ4v) is 4.73. The minimum Gasteiger partial charge on any atom is -0.423 e. The second-order valence-corrected chi connectivity index (χ2v) is 10.7. The SMILES string of the molecule is [B]=CC(C)(C)CC(C)(C)CC(C)(C)C/C=C/COc1ccc2c(C)cc(=O)oc2c1. The first-order valence-electron chi connectivity index (χ1n) is 10.7. The van der Waals surface area contributed by atoms with E-state index in [1.807, 2.05) is 25.0 Å². The van der Waals surface area contributed by atoms with E-state index in [9.17, 15) is 4.79 Å². The summed E-state index contributed by atoms with van der Waals surface area (Å²) >= 11 is 0. The van der Waals surface area contributed by atoms with Gasteiger partial charge in [-0.2, -0.15) is 0 Å². The second kappa shape index (κ2) is 9.37. The molecule has 0 saturated heterocycles. The van der Waals surface area contributed by atoms with Gasteiger partial charge in [0.15, 0.2) is 0 Å². The number of benzene rings is 1. The summed E-state index contributed by atoms with van der Waals surface area (Å²) in [6.07, 6.45) is 7.42. The van der Waals surface area contributed by atoms with Crippen molar-refractivity contribution in [3.8, 4) is 5.75 Å². The molecular formula is C26H36BO3. The molecule has 1 radical (unpaired) electrons. The third-order valence-electron chi connectivity index (χ3n) is 5.45. The second-order valence-electron chi connectivity index (χ2n) is 10.7. The van der Waals surface area contributed by atoms with Gasteiger partial charge in [0, 0.05) is 17.5 Å². The Morgan fingerprint density at radius 2 is 1.70 bits per heavy atom. The average molecular weight is 407 g/mol. The Hall–Kier alpha value is -2.10. The van der Waals surface area contributed by atoms with Crippen molar-refractivity contribution in [3.63, 3.8) is 0 Å². The minimum absolute atomic E-state index is 0.0425. The van der Waals surface area contributed by atoms with Crippen LogP contribution >= 0.6 is 0 Å². The van der Waals surface area contributed by atoms with Crippen LogP contribution in [0.5, 0.6) is 5.75 Å². The summed E-state index contributed by atoms with van der Waals surface area (Å²) in [5, 5.41) is 0.928. The van der Waals surface area contributed by atoms with Crippen LogP contribution < -0.4 is 10.4 Å². The summed E-state index contributed by atoms with van der Waals surface area (Å²) in [5.74, 6) is 2.51. The van der Waals surface area contributed by atoms with E-state index in [-0.39, 0.29) is 21.9 Å². The van der Waals surface area contributed by atoms with Crippen molar-refractivity contribution in [3.05, 3.63) is 52.4 Å². The Labute approximate surface area is 182 Å². The molecule has 2 rings (SSSR count). The van der Waals surface area contributed by atoms with Crippen molar-refractivity contribution in [1.82, 2.24) is 0 Å². The molecule has 0 spiro atoms. The first-order valence-corrected chi connectivity index (χ1v) is 10.7. The Morgan fingerprint density at radius 3 is 2.37 bits per heavy atom. The van der Waals surface area contributed by atoms with Gasteiger partial charge in [-0.3, -0.25) is 0 Å². The van der Waals surface area contributed by atoms with Crippen molar-refractivity contribution < 1.29 is 9.15 Å². The first kappa shape index (κ1) is 24.2. The predicted octanol–water partition coefficient (Wildman–Crippen LogP) is 6.26. The van der Waals surface area contributed by atoms with E-state index < -0.39 is 0 Å². The molecule has 0 saturated carbocycles. The fraction of sp³-hybridized carbons (Fsp3) is 0.538. The Kier molecular flexibility index (Phi) is 7.55. The molecule has 0 unspecified atom stereocenters. The average Bonchev–Trinajstić information content (AvgIpc) is 2.58. The van der Waals surface area contributed by atoms with Crippen molar-refractivity contribution >= 4 is 24.4 Å². The topological polar surface area (TPSA) is 39.4 Å². The van der Waals surface area contributed by atoms with Gasteiger partial charge in [-0.15, -0.1) is 0 Å². The standard InChI is InChI=1S/C26H36BO3/c1-19-14-23(28)30-22-15-20(10-11-21(19)22)29-13-9-8-12-24(2,3)16-25(4,5)17-26(6,7)18-27/h8-11,14-15,18H,12-13,16-17H2,1-7H3/b9-8+. The van der Waals surface area contributed by atoms with Gasteiger partial charge in [0.1, 0.15) is 5.58 Å². The van der Waals surface area contributed by atoms with Gasteiger partial charge >= 0.3 is 125 Å². The summed E-state index contributed by atoms with van der Waals surface area (Å²) in [5.41, 5.74) is 1.57. The molecule has 0 aliphatic carbocycles. The number of rotatable bonds is 10. The van der Waals surface area contributed by atoms with Crippen LogP contribution in [-0.4, -0.2) is 20.1 Å². The number of ether oxygens (including phenoxy) is 1. The molecule has 0 aliphatic rings. The molecule has 0 fully saturated rings. The van der Waals surface area contributed by atoms with Crippen LogP contribution in [0.15, 0.2) is 45.6 Å². The van der Waals surface area contributed by atoms with Crippen LogP contribution in [0.4, 0.5) is 0 Å². The Bertz CT molecular complexity index is 964. The first-order chi connectivity index (χ1) is 13.8. The van der Waals surface area contributed by atoms with E-state index in [2.05, 4.69) is 53.7 Å². The van der Waals surface area contributed by atoms with Crippen LogP contribution in [0.2, 0.25) is 0 Å². The molecule has 2 aromatic rings. The van der Waals surface area contributed by atoms with Crippen molar-refractivity contribution in [2.45, 2.75) is 67.7 Å². The predicted molar refractivity (Wildman–Crippen MR) is 129 cm³/mol. The minimum atomic E-state index is -0.338. The quantitative estimate of drug-likeness (QED) is 0.265. The number of aryl methyl sites for hydroxylation is 1. The third-order valence-corrected chi connectivity index (χ3v) is 5.45. The van der Waals surface area contributed by atoms with Gasteiger partial charge in [-0.05, 0) is 24.6 Å². The summed E-state index contributed by atoms with van der Waals surface area (Å²) in [6.45, 7) is 16.0. The number of hydrogen-bond donors (Lipinski definition) is 0. The van der Waals surface area contributed by atoms with Crippen molar-refractivity contribution in [1.29, 1.82) is 0 Å². The molecule has 0 bridgehead atoms. The van der Waals surface area contributed by atoms with E-state index in [0.29, 0.717) is 17.9 Å². The molecule has 0 atom stereocenters. The van der Waals surface area contributed by atoms with E-state index in [4.69, 9.17) is 16.6 Å². The van der Waals surface area contributed by atoms with Crippen LogP contribution in [0.3, 0.4) is 0 Å². The van der Waals surface area contributed by atoms with Gasteiger partial charge in [-0.1, -0.05) is 0 Å². The van der Waals surface area contributed by atoms with Crippen molar-refractivity contribution in [2.75, 3.05) is 6.61 Å². The fourth-order valence-electron chi connectivity index (χ4n) is 4.73. The maximum atomic E-state index is 11.6. The molecule has 3 nitrogen and oxygen atoms in total. The Balaban J connectivity index is 1.90. The molecule has 0 N–H and O–H groups in total. The smallest absolute Gasteiger partial charge is 0.423 e. The third kappa shape index (κ3) is 7.30. The summed E-state index contributed by atoms with van der Waals surface area (Å²) in [6, 6.07) is 7.12. The molecule has 1 aromatic carbocycles. The maximum absolute atomic E-state index is 11.6. The van der Waals surface area contributed by atoms with Crippen molar-refractivity contribution in [2.24, 2.45) is 16.2 Å². The van der Waals surface area contributed by atoms with Gasteiger partial charge in [0.05, 0.1) is 0 Å². The van der Waals surface area contributed by atoms with Gasteiger partial charge < -0.3 is 4.42 Å². The molecule has 30 heavy (non-hydrogen) atoms. The van der Waals surface area contributed by atoms with Gasteiger partial charge in [-0.25, -0.2) is 4.79 Å². The molecule has 0 aliphatic heterocycles. The zero-order valence-electron chi connectivity index (χ0n) is 19.7. The van der Waals surface area contributed by atoms with Crippen LogP contribution in [0.1, 0.15) is 66.4 Å². The van der Waals surface area contributed by atoms with Gasteiger partial charge in [0.25, 0.3) is 0 Å². The van der Waals surface area contributed by atoms with E-state index in [1.165, 1.54) is 6.07 Å². The number of allylic oxidation sites excluding steroid dienone is 1. The van der Waals surface area contributed by atoms with Gasteiger partial charge in [0.2, 0.25) is 0 Å². The monoisotopic (exact) mass is 407 g/mol. The number of fused-ring (bicyclic) bond motifs is 1. The molecule has 1 heterocycles. The molecule has 161 valence electrons. The molecule has 0 amide bonds. The van der Waals surface area contributed by atoms with Crippen LogP contribution in [0.25, 0.3) is 11.0 Å². The van der Waals surface area contributed by atoms with E-state index in [0.717, 1.165) is 30.2 Å². The molecule has 4 heteroatoms. The van der Waals surface area contributed by atoms with E-state index in [1.54, 1.807) is 6.07 Å². The van der Waals surface area contributed by atoms with E-state index >= 15 is 0 Å². The zero-order chi connectivity index (χ0) is 22.6. The molecular weight excluding hydrogens is 371 g/mol. The zero-order valence-corrected chi connectivity index (χ0v) is 19.7. The summed E-state index contributed by atoms with van der Waals surface area (Å²) in [7, 11) is 5.81. The Morgan fingerprint density at radius 1 is 1.00 bits per heavy atom.